The molecule has 0 aliphatic rings. The van der Waals surface area contributed by atoms with E-state index in [1.165, 1.54) is 0 Å². The van der Waals surface area contributed by atoms with Crippen LogP contribution in [0.5, 0.6) is 0 Å². The van der Waals surface area contributed by atoms with Crippen LogP contribution in [0.25, 0.3) is 32.9 Å². The molecule has 4 heterocycles. The monoisotopic (exact) mass is 759 g/mol. The first kappa shape index (κ1) is 37.2. The van der Waals surface area contributed by atoms with Gasteiger partial charge >= 0.3 is 17.1 Å². The molecule has 4 aromatic carbocycles. The summed E-state index contributed by atoms with van der Waals surface area (Å²) in [5.74, 6) is 1.95. The maximum Gasteiger partial charge on any atom is 2.00 e. The summed E-state index contributed by atoms with van der Waals surface area (Å²) in [6, 6.07) is 38.1. The molecule has 4 aromatic heterocycles. The zero-order valence-electron chi connectivity index (χ0n) is 32.6. The number of imidazole rings is 2. The minimum absolute atomic E-state index is 0. The van der Waals surface area contributed by atoms with Gasteiger partial charge in [0.05, 0.1) is 11.4 Å². The van der Waals surface area contributed by atoms with Crippen LogP contribution < -0.4 is 9.97 Å². The Morgan fingerprint density at radius 3 is 1.43 bits per heavy atom. The molecular formula is C47H48CuN6. The number of rotatable bonds is 8. The van der Waals surface area contributed by atoms with Crippen molar-refractivity contribution in [2.45, 2.75) is 84.0 Å². The van der Waals surface area contributed by atoms with Crippen LogP contribution in [0, 0.1) is 0 Å². The van der Waals surface area contributed by atoms with Crippen LogP contribution in [-0.2, 0) is 38.7 Å². The summed E-state index contributed by atoms with van der Waals surface area (Å²) in [6.07, 6.45) is 6.39. The second-order valence-corrected chi connectivity index (χ2v) is 17.0. The molecule has 0 atom stereocenters. The number of benzene rings is 4. The van der Waals surface area contributed by atoms with E-state index in [0.717, 1.165) is 73.0 Å². The summed E-state index contributed by atoms with van der Waals surface area (Å²) in [6.45, 7) is 20.2. The Bertz CT molecular complexity index is 2570. The molecule has 0 fully saturated rings. The minimum Gasteiger partial charge on any atom is -0.666 e. The number of aromatic nitrogens is 6. The Hall–Kier alpha value is -5.10. The number of nitrogens with zero attached hydrogens (tertiary/aromatic N) is 6. The largest absolute Gasteiger partial charge is 2.00 e. The average Bonchev–Trinajstić information content (AvgIpc) is 3.96. The van der Waals surface area contributed by atoms with E-state index in [1.54, 1.807) is 0 Å². The van der Waals surface area contributed by atoms with Crippen molar-refractivity contribution in [1.82, 2.24) is 29.1 Å². The van der Waals surface area contributed by atoms with E-state index in [2.05, 4.69) is 193 Å². The third-order valence-electron chi connectivity index (χ3n) is 11.0. The number of hydrogen-bond donors (Lipinski definition) is 0. The number of para-hydroxylation sites is 2. The molecule has 0 spiro atoms. The summed E-state index contributed by atoms with van der Waals surface area (Å²) in [7, 11) is 0. The van der Waals surface area contributed by atoms with Crippen LogP contribution >= 0.6 is 0 Å². The molecule has 54 heavy (non-hydrogen) atoms. The number of hydrogen-bond acceptors (Lipinski definition) is 2. The third-order valence-corrected chi connectivity index (χ3v) is 11.0. The molecule has 7 heteroatoms. The van der Waals surface area contributed by atoms with Crippen molar-refractivity contribution in [2.24, 2.45) is 0 Å². The van der Waals surface area contributed by atoms with Crippen molar-refractivity contribution in [2.75, 3.05) is 0 Å². The molecule has 0 aliphatic heterocycles. The van der Waals surface area contributed by atoms with Crippen molar-refractivity contribution >= 4 is 21.5 Å². The molecule has 8 aromatic rings. The van der Waals surface area contributed by atoms with Crippen molar-refractivity contribution in [3.63, 3.8) is 0 Å². The zero-order chi connectivity index (χ0) is 37.3. The van der Waals surface area contributed by atoms with E-state index in [4.69, 9.17) is 19.9 Å². The van der Waals surface area contributed by atoms with Crippen LogP contribution in [0.15, 0.2) is 128 Å². The third kappa shape index (κ3) is 6.04. The van der Waals surface area contributed by atoms with Gasteiger partial charge in [-0.25, -0.2) is 9.97 Å². The van der Waals surface area contributed by atoms with Crippen molar-refractivity contribution in [1.29, 1.82) is 0 Å². The van der Waals surface area contributed by atoms with Gasteiger partial charge in [0.15, 0.2) is 0 Å². The van der Waals surface area contributed by atoms with Gasteiger partial charge in [-0.1, -0.05) is 147 Å². The summed E-state index contributed by atoms with van der Waals surface area (Å²) >= 11 is 0. The minimum atomic E-state index is -0.584. The summed E-state index contributed by atoms with van der Waals surface area (Å²) in [5, 5.41) is 4.57. The van der Waals surface area contributed by atoms with E-state index in [0.29, 0.717) is 0 Å². The molecule has 6 nitrogen and oxygen atoms in total. The molecule has 0 amide bonds. The van der Waals surface area contributed by atoms with E-state index in [-0.39, 0.29) is 22.5 Å². The van der Waals surface area contributed by atoms with Gasteiger partial charge in [0.2, 0.25) is 0 Å². The van der Waals surface area contributed by atoms with Gasteiger partial charge in [0.1, 0.15) is 11.6 Å². The van der Waals surface area contributed by atoms with Gasteiger partial charge in [0, 0.05) is 45.4 Å². The zero-order valence-corrected chi connectivity index (χ0v) is 33.6. The van der Waals surface area contributed by atoms with Crippen molar-refractivity contribution < 1.29 is 17.1 Å². The Morgan fingerprint density at radius 1 is 0.463 bits per heavy atom. The van der Waals surface area contributed by atoms with Gasteiger partial charge < -0.3 is 19.1 Å². The van der Waals surface area contributed by atoms with Gasteiger partial charge in [0.25, 0.3) is 0 Å². The maximum atomic E-state index is 5.64. The first-order chi connectivity index (χ1) is 25.2. The molecule has 0 aliphatic carbocycles. The fraction of sp³-hybridized carbons (Fsp3) is 0.277. The first-order valence-corrected chi connectivity index (χ1v) is 18.6. The van der Waals surface area contributed by atoms with Crippen LogP contribution in [0.1, 0.15) is 102 Å². The predicted molar refractivity (Wildman–Crippen MR) is 217 cm³/mol. The Labute approximate surface area is 329 Å². The standard InChI is InChI=1S/C47H48N6.Cu/c1-44(2,3)42-49-38(29-52(42)32-21-12-10-13-22-32)46(6,7)40-35-26-18-19-27-36(35)41(51-40)47(8,9)43-50-37(30-53(43)33-23-14-11-15-24-33)45(4,5)39-34-25-17-16-20-31(34)28-48-39;/h10-30H,1-9H3;/q-2;+2. The molecule has 1 radical (unpaired) electrons. The number of fused-ring (bicyclic) bond motifs is 2. The van der Waals surface area contributed by atoms with E-state index >= 15 is 0 Å². The van der Waals surface area contributed by atoms with Gasteiger partial charge in [-0.2, -0.15) is 6.20 Å². The Balaban J connectivity index is 0.00000450. The molecular weight excluding hydrogens is 712 g/mol. The first-order valence-electron chi connectivity index (χ1n) is 18.6. The second kappa shape index (κ2) is 13.3. The summed E-state index contributed by atoms with van der Waals surface area (Å²) in [5.41, 5.74) is 5.45. The van der Waals surface area contributed by atoms with E-state index < -0.39 is 16.2 Å². The summed E-state index contributed by atoms with van der Waals surface area (Å²) in [4.78, 5) is 21.5. The Morgan fingerprint density at radius 2 is 0.889 bits per heavy atom. The molecule has 277 valence electrons. The topological polar surface area (TPSA) is 63.8 Å². The fourth-order valence-corrected chi connectivity index (χ4v) is 7.86. The van der Waals surface area contributed by atoms with Gasteiger partial charge in [-0.05, 0) is 45.8 Å². The summed E-state index contributed by atoms with van der Waals surface area (Å²) < 4.78 is 4.51. The van der Waals surface area contributed by atoms with Crippen LogP contribution in [0.2, 0.25) is 0 Å². The second-order valence-electron chi connectivity index (χ2n) is 17.0. The molecule has 0 saturated carbocycles. The van der Waals surface area contributed by atoms with E-state index in [1.807, 2.05) is 6.20 Å². The maximum absolute atomic E-state index is 5.64. The quantitative estimate of drug-likeness (QED) is 0.145. The van der Waals surface area contributed by atoms with E-state index in [9.17, 15) is 0 Å². The fourth-order valence-electron chi connectivity index (χ4n) is 7.86. The molecule has 0 saturated heterocycles. The van der Waals surface area contributed by atoms with Crippen molar-refractivity contribution in [3.05, 3.63) is 168 Å². The average molecular weight is 760 g/mol. The smallest absolute Gasteiger partial charge is 0.666 e. The molecule has 0 unspecified atom stereocenters. The van der Waals surface area contributed by atoms with Crippen molar-refractivity contribution in [3.8, 4) is 11.4 Å². The predicted octanol–water partition coefficient (Wildman–Crippen LogP) is 10.6. The SMILES string of the molecule is CC(C)(C)c1nc(C(C)(C)c2[n-]c(C(C)(C)c3nc(C(C)(C)c4[n-]cc5ccccc45)cn3-c3ccccc3)c3ccccc23)cn1-c1ccccc1.[Cu+2]. The van der Waals surface area contributed by atoms with Gasteiger partial charge in [-0.3, -0.25) is 0 Å². The molecule has 0 N–H and O–H groups in total. The molecule has 0 bridgehead atoms. The molecule has 8 rings (SSSR count). The Kier molecular flexibility index (Phi) is 9.19. The van der Waals surface area contributed by atoms with Gasteiger partial charge in [-0.15, -0.1) is 17.1 Å². The van der Waals surface area contributed by atoms with Crippen LogP contribution in [-0.4, -0.2) is 19.1 Å². The normalized spacial score (nSPS) is 12.8. The van der Waals surface area contributed by atoms with Crippen LogP contribution in [0.3, 0.4) is 0 Å². The van der Waals surface area contributed by atoms with Crippen LogP contribution in [0.4, 0.5) is 0 Å².